The van der Waals surface area contributed by atoms with E-state index < -0.39 is 0 Å². The minimum atomic E-state index is -0.367. The van der Waals surface area contributed by atoms with Crippen molar-refractivity contribution in [2.45, 2.75) is 53.1 Å². The van der Waals surface area contributed by atoms with Crippen LogP contribution in [0.4, 0.5) is 11.4 Å². The number of benzene rings is 2. The van der Waals surface area contributed by atoms with Gasteiger partial charge in [-0.25, -0.2) is 0 Å². The zero-order chi connectivity index (χ0) is 21.1. The molecule has 0 radical (unpaired) electrons. The number of aryl methyl sites for hydroxylation is 1. The first kappa shape index (κ1) is 20.9. The standard InChI is InChI=1S/C24H30N2O3/c1-15(2)21-8-6-7-17(5)23(21)25-24(28)18-13-22(27)26(14-18)19-9-11-20(12-10-19)29-16(3)4/h6-12,15-16,18H,13-14H2,1-5H3,(H,25,28). The average Bonchev–Trinajstić information content (AvgIpc) is 3.05. The summed E-state index contributed by atoms with van der Waals surface area (Å²) < 4.78 is 5.66. The van der Waals surface area contributed by atoms with Crippen LogP contribution in [-0.2, 0) is 9.59 Å². The fraction of sp³-hybridized carbons (Fsp3) is 0.417. The Bertz CT molecular complexity index is 887. The molecule has 1 saturated heterocycles. The van der Waals surface area contributed by atoms with E-state index in [2.05, 4.69) is 19.2 Å². The molecule has 2 amide bonds. The summed E-state index contributed by atoms with van der Waals surface area (Å²) in [5.41, 5.74) is 3.81. The third kappa shape index (κ3) is 4.78. The summed E-state index contributed by atoms with van der Waals surface area (Å²) in [6.07, 6.45) is 0.318. The van der Waals surface area contributed by atoms with Gasteiger partial charge in [-0.05, 0) is 62.1 Å². The number of carbonyl (C=O) groups is 2. The van der Waals surface area contributed by atoms with Crippen LogP contribution in [0.5, 0.6) is 5.75 Å². The molecule has 1 heterocycles. The van der Waals surface area contributed by atoms with Gasteiger partial charge in [-0.3, -0.25) is 9.59 Å². The largest absolute Gasteiger partial charge is 0.491 e. The molecule has 1 aliphatic rings. The molecule has 0 aliphatic carbocycles. The van der Waals surface area contributed by atoms with Crippen LogP contribution in [-0.4, -0.2) is 24.5 Å². The highest BCUT2D eigenvalue weighted by atomic mass is 16.5. The number of rotatable bonds is 6. The molecular weight excluding hydrogens is 364 g/mol. The van der Waals surface area contributed by atoms with Crippen LogP contribution in [0.15, 0.2) is 42.5 Å². The lowest BCUT2D eigenvalue weighted by molar-refractivity contribution is -0.122. The van der Waals surface area contributed by atoms with E-state index in [1.54, 1.807) is 4.90 Å². The van der Waals surface area contributed by atoms with Crippen molar-refractivity contribution < 1.29 is 14.3 Å². The van der Waals surface area contributed by atoms with Gasteiger partial charge in [-0.15, -0.1) is 0 Å². The second-order valence-corrected chi connectivity index (χ2v) is 8.25. The number of amides is 2. The van der Waals surface area contributed by atoms with E-state index >= 15 is 0 Å². The molecule has 0 saturated carbocycles. The molecular formula is C24H30N2O3. The fourth-order valence-corrected chi connectivity index (χ4v) is 3.68. The summed E-state index contributed by atoms with van der Waals surface area (Å²) in [5.74, 6) is 0.575. The van der Waals surface area contributed by atoms with E-state index in [1.807, 2.05) is 63.2 Å². The first-order chi connectivity index (χ1) is 13.8. The maximum absolute atomic E-state index is 12.9. The van der Waals surface area contributed by atoms with Gasteiger partial charge in [0, 0.05) is 24.3 Å². The van der Waals surface area contributed by atoms with Crippen LogP contribution in [0.2, 0.25) is 0 Å². The minimum absolute atomic E-state index is 0.0310. The van der Waals surface area contributed by atoms with E-state index in [-0.39, 0.29) is 30.3 Å². The normalized spacial score (nSPS) is 16.6. The second-order valence-electron chi connectivity index (χ2n) is 8.25. The maximum Gasteiger partial charge on any atom is 0.229 e. The van der Waals surface area contributed by atoms with E-state index in [0.717, 1.165) is 28.3 Å². The van der Waals surface area contributed by atoms with E-state index in [4.69, 9.17) is 4.74 Å². The van der Waals surface area contributed by atoms with Crippen LogP contribution < -0.4 is 15.0 Å². The van der Waals surface area contributed by atoms with Crippen molar-refractivity contribution in [3.05, 3.63) is 53.6 Å². The van der Waals surface area contributed by atoms with Crippen LogP contribution in [0.25, 0.3) is 0 Å². The smallest absolute Gasteiger partial charge is 0.229 e. The fourth-order valence-electron chi connectivity index (χ4n) is 3.68. The Balaban J connectivity index is 1.71. The minimum Gasteiger partial charge on any atom is -0.491 e. The Morgan fingerprint density at radius 3 is 2.41 bits per heavy atom. The zero-order valence-corrected chi connectivity index (χ0v) is 17.9. The van der Waals surface area contributed by atoms with Gasteiger partial charge < -0.3 is 15.0 Å². The van der Waals surface area contributed by atoms with Gasteiger partial charge in [0.1, 0.15) is 5.75 Å². The molecule has 1 aliphatic heterocycles. The highest BCUT2D eigenvalue weighted by molar-refractivity contribution is 6.04. The number of nitrogens with one attached hydrogen (secondary N) is 1. The van der Waals surface area contributed by atoms with Crippen molar-refractivity contribution in [3.8, 4) is 5.75 Å². The quantitative estimate of drug-likeness (QED) is 0.758. The van der Waals surface area contributed by atoms with Crippen molar-refractivity contribution in [3.63, 3.8) is 0 Å². The molecule has 0 spiro atoms. The van der Waals surface area contributed by atoms with Gasteiger partial charge in [0.15, 0.2) is 0 Å². The Kier molecular flexibility index (Phi) is 6.26. The molecule has 5 heteroatoms. The summed E-state index contributed by atoms with van der Waals surface area (Å²) in [7, 11) is 0. The van der Waals surface area contributed by atoms with Crippen molar-refractivity contribution >= 4 is 23.2 Å². The molecule has 0 bridgehead atoms. The molecule has 2 aromatic rings. The van der Waals surface area contributed by atoms with E-state index in [9.17, 15) is 9.59 Å². The zero-order valence-electron chi connectivity index (χ0n) is 17.9. The van der Waals surface area contributed by atoms with Crippen LogP contribution in [0.3, 0.4) is 0 Å². The monoisotopic (exact) mass is 394 g/mol. The molecule has 5 nitrogen and oxygen atoms in total. The van der Waals surface area contributed by atoms with Crippen molar-refractivity contribution in [1.82, 2.24) is 0 Å². The summed E-state index contributed by atoms with van der Waals surface area (Å²) >= 11 is 0. The highest BCUT2D eigenvalue weighted by Gasteiger charge is 2.35. The van der Waals surface area contributed by atoms with Crippen LogP contribution in [0.1, 0.15) is 51.2 Å². The number of para-hydroxylation sites is 1. The first-order valence-corrected chi connectivity index (χ1v) is 10.2. The van der Waals surface area contributed by atoms with Crippen molar-refractivity contribution in [2.24, 2.45) is 5.92 Å². The predicted octanol–water partition coefficient (Wildman–Crippen LogP) is 4.90. The molecule has 29 heavy (non-hydrogen) atoms. The Hall–Kier alpha value is -2.82. The molecule has 2 aromatic carbocycles. The predicted molar refractivity (Wildman–Crippen MR) is 117 cm³/mol. The Morgan fingerprint density at radius 2 is 1.79 bits per heavy atom. The van der Waals surface area contributed by atoms with Gasteiger partial charge in [-0.1, -0.05) is 32.0 Å². The number of carbonyl (C=O) groups excluding carboxylic acids is 2. The van der Waals surface area contributed by atoms with E-state index in [1.165, 1.54) is 0 Å². The molecule has 1 atom stereocenters. The molecule has 3 rings (SSSR count). The second kappa shape index (κ2) is 8.68. The molecule has 0 aromatic heterocycles. The summed E-state index contributed by atoms with van der Waals surface area (Å²) in [6, 6.07) is 13.5. The Labute approximate surface area is 173 Å². The molecule has 1 unspecified atom stereocenters. The Morgan fingerprint density at radius 1 is 1.10 bits per heavy atom. The van der Waals surface area contributed by atoms with Crippen molar-refractivity contribution in [2.75, 3.05) is 16.8 Å². The van der Waals surface area contributed by atoms with Gasteiger partial charge >= 0.3 is 0 Å². The number of hydrogen-bond donors (Lipinski definition) is 1. The molecule has 1 fully saturated rings. The topological polar surface area (TPSA) is 58.6 Å². The number of anilines is 2. The third-order valence-electron chi connectivity index (χ3n) is 5.19. The lowest BCUT2D eigenvalue weighted by atomic mass is 9.97. The highest BCUT2D eigenvalue weighted by Crippen LogP contribution is 2.31. The lowest BCUT2D eigenvalue weighted by Gasteiger charge is -2.19. The first-order valence-electron chi connectivity index (χ1n) is 10.2. The lowest BCUT2D eigenvalue weighted by Crippen LogP contribution is -2.28. The average molecular weight is 395 g/mol. The van der Waals surface area contributed by atoms with Crippen LogP contribution >= 0.6 is 0 Å². The van der Waals surface area contributed by atoms with Gasteiger partial charge in [0.2, 0.25) is 11.8 Å². The van der Waals surface area contributed by atoms with Crippen LogP contribution in [0, 0.1) is 12.8 Å². The molecule has 154 valence electrons. The molecule has 1 N–H and O–H groups in total. The maximum atomic E-state index is 12.9. The van der Waals surface area contributed by atoms with Gasteiger partial charge in [0.05, 0.1) is 12.0 Å². The third-order valence-corrected chi connectivity index (χ3v) is 5.19. The van der Waals surface area contributed by atoms with Gasteiger partial charge in [0.25, 0.3) is 0 Å². The number of ether oxygens (including phenoxy) is 1. The van der Waals surface area contributed by atoms with Crippen molar-refractivity contribution in [1.29, 1.82) is 0 Å². The number of hydrogen-bond acceptors (Lipinski definition) is 3. The summed E-state index contributed by atoms with van der Waals surface area (Å²) in [5, 5.41) is 3.09. The summed E-state index contributed by atoms with van der Waals surface area (Å²) in [4.78, 5) is 27.2. The SMILES string of the molecule is Cc1cccc(C(C)C)c1NC(=O)C1CC(=O)N(c2ccc(OC(C)C)cc2)C1. The number of nitrogens with zero attached hydrogens (tertiary/aromatic N) is 1. The van der Waals surface area contributed by atoms with E-state index in [0.29, 0.717) is 12.5 Å². The summed E-state index contributed by atoms with van der Waals surface area (Å²) in [6.45, 7) is 10.5. The van der Waals surface area contributed by atoms with Gasteiger partial charge in [-0.2, -0.15) is 0 Å².